The van der Waals surface area contributed by atoms with Crippen LogP contribution in [0.15, 0.2) is 24.3 Å². The maximum atomic E-state index is 6.06. The summed E-state index contributed by atoms with van der Waals surface area (Å²) >= 11 is 6.06. The van der Waals surface area contributed by atoms with Gasteiger partial charge in [-0.3, -0.25) is 0 Å². The zero-order valence-electron chi connectivity index (χ0n) is 10.2. The van der Waals surface area contributed by atoms with Crippen molar-refractivity contribution in [1.82, 2.24) is 9.78 Å². The van der Waals surface area contributed by atoms with Crippen LogP contribution in [0.5, 0.6) is 11.5 Å². The van der Waals surface area contributed by atoms with Crippen molar-refractivity contribution in [2.24, 2.45) is 0 Å². The van der Waals surface area contributed by atoms with Crippen LogP contribution in [0, 0.1) is 6.92 Å². The van der Waals surface area contributed by atoms with Gasteiger partial charge in [0.25, 0.3) is 0 Å². The predicted molar refractivity (Wildman–Crippen MR) is 70.0 cm³/mol. The number of hydrogen-bond acceptors (Lipinski definition) is 4. The number of nitrogens with zero attached hydrogens (tertiary/aromatic N) is 2. The summed E-state index contributed by atoms with van der Waals surface area (Å²) in [5.41, 5.74) is 6.51. The fourth-order valence-electron chi connectivity index (χ4n) is 1.52. The molecule has 0 amide bonds. The summed E-state index contributed by atoms with van der Waals surface area (Å²) in [5.74, 6) is 1.73. The number of benzene rings is 1. The van der Waals surface area contributed by atoms with Crippen LogP contribution in [0.1, 0.15) is 5.69 Å². The van der Waals surface area contributed by atoms with Gasteiger partial charge < -0.3 is 15.2 Å². The Bertz CT molecular complexity index is 554. The minimum atomic E-state index is 0.259. The third-order valence-corrected chi connectivity index (χ3v) is 2.78. The molecule has 0 spiro atoms. The van der Waals surface area contributed by atoms with Crippen molar-refractivity contribution < 1.29 is 9.47 Å². The largest absolute Gasteiger partial charge is 0.497 e. The van der Waals surface area contributed by atoms with E-state index in [0.717, 1.165) is 5.69 Å². The smallest absolute Gasteiger partial charge is 0.181 e. The molecule has 96 valence electrons. The number of anilines is 1. The van der Waals surface area contributed by atoms with Gasteiger partial charge >= 0.3 is 0 Å². The summed E-state index contributed by atoms with van der Waals surface area (Å²) in [7, 11) is 1.59. The number of aryl methyl sites for hydroxylation is 1. The maximum Gasteiger partial charge on any atom is 0.181 e. The fourth-order valence-corrected chi connectivity index (χ4v) is 1.75. The normalized spacial score (nSPS) is 10.4. The first-order chi connectivity index (χ1) is 8.60. The van der Waals surface area contributed by atoms with Crippen molar-refractivity contribution in [3.63, 3.8) is 0 Å². The van der Waals surface area contributed by atoms with Crippen molar-refractivity contribution in [1.29, 1.82) is 0 Å². The monoisotopic (exact) mass is 267 g/mol. The summed E-state index contributed by atoms with van der Waals surface area (Å²) in [6.45, 7) is 2.16. The van der Waals surface area contributed by atoms with E-state index in [1.165, 1.54) is 0 Å². The van der Waals surface area contributed by atoms with Gasteiger partial charge in [-0.15, -0.1) is 0 Å². The second-order valence-electron chi connectivity index (χ2n) is 3.78. The number of rotatable bonds is 4. The Labute approximate surface area is 110 Å². The third-order valence-electron chi connectivity index (χ3n) is 2.48. The van der Waals surface area contributed by atoms with E-state index >= 15 is 0 Å². The van der Waals surface area contributed by atoms with Crippen molar-refractivity contribution >= 4 is 17.4 Å². The molecule has 2 aromatic rings. The van der Waals surface area contributed by atoms with E-state index in [1.54, 1.807) is 36.1 Å². The Morgan fingerprint density at radius 3 is 2.72 bits per heavy atom. The van der Waals surface area contributed by atoms with E-state index < -0.39 is 0 Å². The van der Waals surface area contributed by atoms with Crippen LogP contribution >= 0.6 is 11.6 Å². The molecule has 18 heavy (non-hydrogen) atoms. The van der Waals surface area contributed by atoms with Gasteiger partial charge in [0.1, 0.15) is 17.3 Å². The molecular weight excluding hydrogens is 254 g/mol. The van der Waals surface area contributed by atoms with Crippen LogP contribution < -0.4 is 15.2 Å². The van der Waals surface area contributed by atoms with Crippen molar-refractivity contribution in [2.45, 2.75) is 13.7 Å². The van der Waals surface area contributed by atoms with Gasteiger partial charge in [0.15, 0.2) is 6.73 Å². The summed E-state index contributed by atoms with van der Waals surface area (Å²) < 4.78 is 12.3. The van der Waals surface area contributed by atoms with E-state index in [-0.39, 0.29) is 6.73 Å². The molecule has 0 unspecified atom stereocenters. The second kappa shape index (κ2) is 5.18. The highest BCUT2D eigenvalue weighted by atomic mass is 35.5. The molecule has 0 atom stereocenters. The maximum absolute atomic E-state index is 6.06. The van der Waals surface area contributed by atoms with Gasteiger partial charge in [-0.05, 0) is 19.1 Å². The zero-order chi connectivity index (χ0) is 13.1. The van der Waals surface area contributed by atoms with E-state index in [9.17, 15) is 0 Å². The lowest BCUT2D eigenvalue weighted by molar-refractivity contribution is 0.218. The molecule has 0 saturated heterocycles. The van der Waals surface area contributed by atoms with Crippen LogP contribution in [0.25, 0.3) is 0 Å². The molecule has 0 aliphatic heterocycles. The summed E-state index contributed by atoms with van der Waals surface area (Å²) in [6.07, 6.45) is 0. The summed E-state index contributed by atoms with van der Waals surface area (Å²) in [6, 6.07) is 7.01. The first-order valence-corrected chi connectivity index (χ1v) is 5.74. The van der Waals surface area contributed by atoms with Crippen LogP contribution in [-0.4, -0.2) is 16.9 Å². The fraction of sp³-hybridized carbons (Fsp3) is 0.250. The first-order valence-electron chi connectivity index (χ1n) is 5.36. The molecule has 2 N–H and O–H groups in total. The predicted octanol–water partition coefficient (Wildman–Crippen LogP) is 2.47. The average Bonchev–Trinajstić information content (AvgIpc) is 2.66. The molecule has 1 aromatic heterocycles. The second-order valence-corrected chi connectivity index (χ2v) is 4.19. The van der Waals surface area contributed by atoms with Crippen LogP contribution in [0.4, 0.5) is 5.82 Å². The van der Waals surface area contributed by atoms with Crippen LogP contribution in [-0.2, 0) is 6.73 Å². The highest BCUT2D eigenvalue weighted by Gasteiger charge is 2.06. The Morgan fingerprint density at radius 1 is 1.39 bits per heavy atom. The molecule has 6 heteroatoms. The van der Waals surface area contributed by atoms with Crippen LogP contribution in [0.2, 0.25) is 5.02 Å². The molecule has 0 fully saturated rings. The molecule has 0 bridgehead atoms. The van der Waals surface area contributed by atoms with E-state index in [0.29, 0.717) is 22.3 Å². The van der Waals surface area contributed by atoms with E-state index in [2.05, 4.69) is 5.10 Å². The minimum Gasteiger partial charge on any atom is -0.497 e. The molecule has 1 heterocycles. The van der Waals surface area contributed by atoms with Gasteiger partial charge in [0, 0.05) is 17.8 Å². The lowest BCUT2D eigenvalue weighted by Crippen LogP contribution is -2.09. The molecule has 0 radical (unpaired) electrons. The van der Waals surface area contributed by atoms with E-state index in [4.69, 9.17) is 26.8 Å². The number of aromatic nitrogens is 2. The molecule has 0 saturated carbocycles. The number of methoxy groups -OCH3 is 1. The lowest BCUT2D eigenvalue weighted by Gasteiger charge is -2.10. The average molecular weight is 268 g/mol. The van der Waals surface area contributed by atoms with Crippen LogP contribution in [0.3, 0.4) is 0 Å². The Balaban J connectivity index is 2.08. The number of ether oxygens (including phenoxy) is 2. The Morgan fingerprint density at radius 2 is 2.17 bits per heavy atom. The highest BCUT2D eigenvalue weighted by Crippen LogP contribution is 2.28. The van der Waals surface area contributed by atoms with Crippen molar-refractivity contribution in [3.8, 4) is 11.5 Å². The number of nitrogen functional groups attached to an aromatic ring is 1. The summed E-state index contributed by atoms with van der Waals surface area (Å²) in [5, 5.41) is 4.58. The van der Waals surface area contributed by atoms with Gasteiger partial charge in [-0.2, -0.15) is 5.10 Å². The molecule has 2 rings (SSSR count). The quantitative estimate of drug-likeness (QED) is 0.924. The standard InChI is InChI=1S/C12H14ClN3O2/c1-8-5-12(14)15-16(8)7-18-11-4-3-9(17-2)6-10(11)13/h3-6H,7H2,1-2H3,(H2,14,15). The van der Waals surface area contributed by atoms with Crippen molar-refractivity contribution in [2.75, 3.05) is 12.8 Å². The SMILES string of the molecule is COc1ccc(OCn2nc(N)cc2C)c(Cl)c1. The first kappa shape index (κ1) is 12.6. The Hall–Kier alpha value is -1.88. The number of nitrogens with two attached hydrogens (primary N) is 1. The lowest BCUT2D eigenvalue weighted by atomic mass is 10.3. The van der Waals surface area contributed by atoms with Gasteiger partial charge in [-0.25, -0.2) is 4.68 Å². The zero-order valence-corrected chi connectivity index (χ0v) is 10.9. The van der Waals surface area contributed by atoms with Gasteiger partial charge in [0.05, 0.1) is 12.1 Å². The van der Waals surface area contributed by atoms with Gasteiger partial charge in [-0.1, -0.05) is 11.6 Å². The van der Waals surface area contributed by atoms with Crippen molar-refractivity contribution in [3.05, 3.63) is 35.0 Å². The van der Waals surface area contributed by atoms with E-state index in [1.807, 2.05) is 6.92 Å². The number of halogens is 1. The third kappa shape index (κ3) is 2.68. The Kier molecular flexibility index (Phi) is 3.62. The number of hydrogen-bond donors (Lipinski definition) is 1. The molecular formula is C12H14ClN3O2. The topological polar surface area (TPSA) is 62.3 Å². The molecule has 0 aliphatic rings. The highest BCUT2D eigenvalue weighted by molar-refractivity contribution is 6.32. The molecule has 5 nitrogen and oxygen atoms in total. The molecule has 1 aromatic carbocycles. The summed E-state index contributed by atoms with van der Waals surface area (Å²) in [4.78, 5) is 0. The minimum absolute atomic E-state index is 0.259. The molecule has 0 aliphatic carbocycles. The van der Waals surface area contributed by atoms with Gasteiger partial charge in [0.2, 0.25) is 0 Å².